The molecule has 0 saturated carbocycles. The summed E-state index contributed by atoms with van der Waals surface area (Å²) in [5.74, 6) is -0.0275. The van der Waals surface area contributed by atoms with E-state index in [1.165, 1.54) is 0 Å². The van der Waals surface area contributed by atoms with Crippen LogP contribution in [0.25, 0.3) is 0 Å². The van der Waals surface area contributed by atoms with Crippen molar-refractivity contribution in [1.82, 2.24) is 4.98 Å². The lowest BCUT2D eigenvalue weighted by molar-refractivity contribution is 0.594. The van der Waals surface area contributed by atoms with Crippen molar-refractivity contribution in [2.45, 2.75) is 17.6 Å². The van der Waals surface area contributed by atoms with Crippen molar-refractivity contribution in [2.75, 3.05) is 5.73 Å². The summed E-state index contributed by atoms with van der Waals surface area (Å²) in [5, 5.41) is 0. The van der Waals surface area contributed by atoms with E-state index in [1.54, 1.807) is 49.6 Å². The highest BCUT2D eigenvalue weighted by Gasteiger charge is 2.17. The van der Waals surface area contributed by atoms with E-state index < -0.39 is 9.84 Å². The highest BCUT2D eigenvalue weighted by atomic mass is 32.2. The van der Waals surface area contributed by atoms with E-state index in [4.69, 9.17) is 5.73 Å². The van der Waals surface area contributed by atoms with Crippen LogP contribution in [0, 0.1) is 6.92 Å². The number of sulfone groups is 1. The molecule has 0 radical (unpaired) electrons. The van der Waals surface area contributed by atoms with Crippen molar-refractivity contribution in [1.29, 1.82) is 0 Å². The maximum atomic E-state index is 12.3. The van der Waals surface area contributed by atoms with Crippen molar-refractivity contribution in [2.24, 2.45) is 0 Å². The molecule has 0 saturated heterocycles. The Kier molecular flexibility index (Phi) is 3.34. The normalized spacial score (nSPS) is 11.4. The van der Waals surface area contributed by atoms with Gasteiger partial charge in [0.05, 0.1) is 10.6 Å². The van der Waals surface area contributed by atoms with Gasteiger partial charge < -0.3 is 5.73 Å². The van der Waals surface area contributed by atoms with E-state index in [-0.39, 0.29) is 5.75 Å². The molecule has 0 aliphatic heterocycles. The second kappa shape index (κ2) is 4.78. The van der Waals surface area contributed by atoms with Gasteiger partial charge in [0.25, 0.3) is 0 Å². The van der Waals surface area contributed by atoms with Gasteiger partial charge in [-0.25, -0.2) is 8.42 Å². The van der Waals surface area contributed by atoms with Gasteiger partial charge in [0.15, 0.2) is 9.84 Å². The maximum Gasteiger partial charge on any atom is 0.182 e. The smallest absolute Gasteiger partial charge is 0.182 e. The average Bonchev–Trinajstić information content (AvgIpc) is 2.29. The second-order valence-electron chi connectivity index (χ2n) is 4.14. The van der Waals surface area contributed by atoms with Gasteiger partial charge in [-0.15, -0.1) is 0 Å². The second-order valence-corrected chi connectivity index (χ2v) is 6.10. The Balaban J connectivity index is 2.37. The van der Waals surface area contributed by atoms with Gasteiger partial charge in [-0.3, -0.25) is 4.98 Å². The molecule has 0 amide bonds. The zero-order valence-electron chi connectivity index (χ0n) is 10.00. The Labute approximate surface area is 106 Å². The molecule has 0 aliphatic carbocycles. The zero-order valence-corrected chi connectivity index (χ0v) is 10.8. The Hall–Kier alpha value is -1.88. The van der Waals surface area contributed by atoms with E-state index in [1.807, 2.05) is 0 Å². The predicted molar refractivity (Wildman–Crippen MR) is 70.7 cm³/mol. The molecule has 18 heavy (non-hydrogen) atoms. The van der Waals surface area contributed by atoms with Crippen molar-refractivity contribution in [3.63, 3.8) is 0 Å². The van der Waals surface area contributed by atoms with Gasteiger partial charge in [-0.2, -0.15) is 0 Å². The topological polar surface area (TPSA) is 73.1 Å². The van der Waals surface area contributed by atoms with Crippen LogP contribution in [0.4, 0.5) is 5.69 Å². The van der Waals surface area contributed by atoms with Crippen molar-refractivity contribution in [3.05, 3.63) is 53.9 Å². The molecule has 5 heteroatoms. The van der Waals surface area contributed by atoms with Crippen molar-refractivity contribution >= 4 is 15.5 Å². The van der Waals surface area contributed by atoms with Crippen LogP contribution in [0.2, 0.25) is 0 Å². The fourth-order valence-corrected chi connectivity index (χ4v) is 3.41. The summed E-state index contributed by atoms with van der Waals surface area (Å²) in [4.78, 5) is 4.19. The van der Waals surface area contributed by atoms with Crippen molar-refractivity contribution < 1.29 is 8.42 Å². The van der Waals surface area contributed by atoms with Gasteiger partial charge in [0.1, 0.15) is 0 Å². The third-order valence-electron chi connectivity index (χ3n) is 2.64. The van der Waals surface area contributed by atoms with Crippen LogP contribution in [0.15, 0.2) is 47.6 Å². The van der Waals surface area contributed by atoms with E-state index >= 15 is 0 Å². The molecule has 1 heterocycles. The third-order valence-corrected chi connectivity index (χ3v) is 4.48. The predicted octanol–water partition coefficient (Wildman–Crippen LogP) is 1.95. The maximum absolute atomic E-state index is 12.3. The molecule has 2 rings (SSSR count). The fraction of sp³-hybridized carbons (Fsp3) is 0.154. The summed E-state index contributed by atoms with van der Waals surface area (Å²) >= 11 is 0. The van der Waals surface area contributed by atoms with Gasteiger partial charge in [-0.1, -0.05) is 0 Å². The number of nitrogens with zero attached hydrogens (tertiary/aromatic N) is 1. The number of aromatic nitrogens is 1. The Morgan fingerprint density at radius 3 is 2.44 bits per heavy atom. The minimum atomic E-state index is -3.34. The van der Waals surface area contributed by atoms with E-state index in [0.29, 0.717) is 16.1 Å². The summed E-state index contributed by atoms with van der Waals surface area (Å²) in [7, 11) is -3.34. The SMILES string of the molecule is Cc1cc(N)ccc1S(=O)(=O)Cc1ccncc1. The van der Waals surface area contributed by atoms with E-state index in [9.17, 15) is 8.42 Å². The molecule has 0 aliphatic rings. The summed E-state index contributed by atoms with van der Waals surface area (Å²) in [5.41, 5.74) is 7.58. The monoisotopic (exact) mass is 262 g/mol. The van der Waals surface area contributed by atoms with Gasteiger partial charge >= 0.3 is 0 Å². The Bertz CT molecular complexity index is 652. The van der Waals surface area contributed by atoms with Crippen LogP contribution in [0.3, 0.4) is 0 Å². The lowest BCUT2D eigenvalue weighted by Crippen LogP contribution is -2.07. The lowest BCUT2D eigenvalue weighted by Gasteiger charge is -2.08. The Morgan fingerprint density at radius 2 is 1.83 bits per heavy atom. The van der Waals surface area contributed by atoms with Crippen molar-refractivity contribution in [3.8, 4) is 0 Å². The molecule has 1 aromatic carbocycles. The highest BCUT2D eigenvalue weighted by Crippen LogP contribution is 2.21. The standard InChI is InChI=1S/C13H14N2O2S/c1-10-8-12(14)2-3-13(10)18(16,17)9-11-4-6-15-7-5-11/h2-8H,9,14H2,1H3. The number of nitrogens with two attached hydrogens (primary N) is 1. The molecule has 2 N–H and O–H groups in total. The summed E-state index contributed by atoms with van der Waals surface area (Å²) < 4.78 is 24.5. The van der Waals surface area contributed by atoms with Gasteiger partial charge in [0.2, 0.25) is 0 Å². The number of hydrogen-bond donors (Lipinski definition) is 1. The number of pyridine rings is 1. The van der Waals surface area contributed by atoms with Crippen LogP contribution >= 0.6 is 0 Å². The largest absolute Gasteiger partial charge is 0.399 e. The van der Waals surface area contributed by atoms with Gasteiger partial charge in [0, 0.05) is 18.1 Å². The van der Waals surface area contributed by atoms with E-state index in [0.717, 1.165) is 5.56 Å². The number of rotatable bonds is 3. The van der Waals surface area contributed by atoms with E-state index in [2.05, 4.69) is 4.98 Å². The summed E-state index contributed by atoms with van der Waals surface area (Å²) in [6.07, 6.45) is 3.17. The number of anilines is 1. The van der Waals surface area contributed by atoms with Crippen LogP contribution in [-0.2, 0) is 15.6 Å². The molecule has 0 unspecified atom stereocenters. The minimum Gasteiger partial charge on any atom is -0.399 e. The zero-order chi connectivity index (χ0) is 13.2. The van der Waals surface area contributed by atoms with Crippen LogP contribution in [-0.4, -0.2) is 13.4 Å². The molecule has 0 fully saturated rings. The first-order valence-electron chi connectivity index (χ1n) is 5.47. The first-order chi connectivity index (χ1) is 8.49. The minimum absolute atomic E-state index is 0.0275. The highest BCUT2D eigenvalue weighted by molar-refractivity contribution is 7.90. The first-order valence-corrected chi connectivity index (χ1v) is 7.12. The van der Waals surface area contributed by atoms with Crippen LogP contribution in [0.5, 0.6) is 0 Å². The Morgan fingerprint density at radius 1 is 1.17 bits per heavy atom. The number of aryl methyl sites for hydroxylation is 1. The average molecular weight is 262 g/mol. The molecule has 0 spiro atoms. The lowest BCUT2D eigenvalue weighted by atomic mass is 10.2. The van der Waals surface area contributed by atoms with Gasteiger partial charge in [-0.05, 0) is 48.4 Å². The third kappa shape index (κ3) is 2.68. The number of nitrogen functional groups attached to an aromatic ring is 1. The summed E-state index contributed by atoms with van der Waals surface area (Å²) in [6.45, 7) is 1.75. The fourth-order valence-electron chi connectivity index (χ4n) is 1.80. The van der Waals surface area contributed by atoms with Crippen LogP contribution in [0.1, 0.15) is 11.1 Å². The number of hydrogen-bond acceptors (Lipinski definition) is 4. The molecule has 0 atom stereocenters. The number of benzene rings is 1. The molecule has 2 aromatic rings. The molecular weight excluding hydrogens is 248 g/mol. The van der Waals surface area contributed by atoms with Crippen LogP contribution < -0.4 is 5.73 Å². The quantitative estimate of drug-likeness (QED) is 0.858. The molecule has 1 aromatic heterocycles. The molecule has 94 valence electrons. The first kappa shape index (κ1) is 12.6. The molecule has 4 nitrogen and oxygen atoms in total. The summed E-state index contributed by atoms with van der Waals surface area (Å²) in [6, 6.07) is 8.22. The molecular formula is C13H14N2O2S. The molecule has 0 bridgehead atoms.